The zero-order valence-corrected chi connectivity index (χ0v) is 19.7. The molecular formula is C21H20ClN5O4S2. The summed E-state index contributed by atoms with van der Waals surface area (Å²) < 4.78 is 27.4. The van der Waals surface area contributed by atoms with Gasteiger partial charge in [-0.05, 0) is 41.8 Å². The van der Waals surface area contributed by atoms with Crippen LogP contribution in [0.3, 0.4) is 0 Å². The van der Waals surface area contributed by atoms with E-state index in [4.69, 9.17) is 11.6 Å². The first kappa shape index (κ1) is 23.3. The minimum absolute atomic E-state index is 0.0659. The molecule has 2 aromatic carbocycles. The number of carbonyl (C=O) groups excluding carboxylic acids is 2. The maximum atomic E-state index is 12.6. The van der Waals surface area contributed by atoms with Crippen molar-refractivity contribution in [3.63, 3.8) is 0 Å². The van der Waals surface area contributed by atoms with Gasteiger partial charge in [0.2, 0.25) is 15.4 Å². The number of halogens is 1. The van der Waals surface area contributed by atoms with Crippen LogP contribution in [0.1, 0.15) is 34.3 Å². The summed E-state index contributed by atoms with van der Waals surface area (Å²) in [5.74, 6) is -0.289. The van der Waals surface area contributed by atoms with Crippen molar-refractivity contribution in [1.29, 1.82) is 0 Å². The molecule has 1 aliphatic rings. The first-order chi connectivity index (χ1) is 15.8. The Morgan fingerprint density at radius 2 is 1.76 bits per heavy atom. The Morgan fingerprint density at radius 1 is 1.06 bits per heavy atom. The molecule has 0 radical (unpaired) electrons. The van der Waals surface area contributed by atoms with E-state index in [2.05, 4.69) is 20.2 Å². The summed E-state index contributed by atoms with van der Waals surface area (Å²) in [6.07, 6.45) is 1.48. The van der Waals surface area contributed by atoms with Crippen LogP contribution in [0.15, 0.2) is 52.9 Å². The zero-order chi connectivity index (χ0) is 23.4. The topological polar surface area (TPSA) is 121 Å². The van der Waals surface area contributed by atoms with E-state index in [1.54, 1.807) is 24.3 Å². The summed E-state index contributed by atoms with van der Waals surface area (Å²) in [7, 11) is -3.91. The number of hydrogen-bond acceptors (Lipinski definition) is 7. The molecule has 3 aromatic rings. The lowest BCUT2D eigenvalue weighted by Gasteiger charge is -2.15. The van der Waals surface area contributed by atoms with Gasteiger partial charge < -0.3 is 4.90 Å². The Labute approximate surface area is 199 Å². The summed E-state index contributed by atoms with van der Waals surface area (Å²) in [6.45, 7) is 1.39. The lowest BCUT2D eigenvalue weighted by molar-refractivity contribution is -0.128. The summed E-state index contributed by atoms with van der Waals surface area (Å²) >= 11 is 6.56. The summed E-state index contributed by atoms with van der Waals surface area (Å²) in [4.78, 5) is 25.8. The van der Waals surface area contributed by atoms with Crippen molar-refractivity contribution in [2.75, 3.05) is 11.9 Å². The summed E-state index contributed by atoms with van der Waals surface area (Å²) in [5.41, 5.74) is 2.10. The molecule has 0 atom stereocenters. The number of benzene rings is 2. The van der Waals surface area contributed by atoms with Gasteiger partial charge in [0.25, 0.3) is 15.9 Å². The minimum Gasteiger partial charge on any atom is -0.338 e. The number of likely N-dealkylation sites (tertiary alicyclic amines) is 1. The van der Waals surface area contributed by atoms with Gasteiger partial charge in [0.15, 0.2) is 0 Å². The van der Waals surface area contributed by atoms with Gasteiger partial charge in [-0.3, -0.25) is 14.9 Å². The fraction of sp³-hybridized carbons (Fsp3) is 0.238. The third-order valence-corrected chi connectivity index (χ3v) is 7.86. The number of sulfonamides is 1. The van der Waals surface area contributed by atoms with Gasteiger partial charge >= 0.3 is 0 Å². The molecule has 2 amide bonds. The summed E-state index contributed by atoms with van der Waals surface area (Å²) in [6, 6.07) is 13.6. The van der Waals surface area contributed by atoms with Crippen molar-refractivity contribution < 1.29 is 18.0 Å². The second-order valence-corrected chi connectivity index (χ2v) is 10.7. The molecule has 0 unspecified atom stereocenters. The SMILES string of the molecule is O=C(Nc1nnc(S(=O)(=O)NCc2ccc(CN3CCCC3=O)cc2)s1)c1ccc(Cl)cc1. The van der Waals surface area contributed by atoms with Crippen LogP contribution >= 0.6 is 22.9 Å². The highest BCUT2D eigenvalue weighted by molar-refractivity contribution is 7.91. The van der Waals surface area contributed by atoms with Crippen molar-refractivity contribution in [3.8, 4) is 0 Å². The van der Waals surface area contributed by atoms with E-state index in [1.165, 1.54) is 0 Å². The molecule has 4 rings (SSSR count). The lowest BCUT2D eigenvalue weighted by atomic mass is 10.1. The molecule has 2 heterocycles. The van der Waals surface area contributed by atoms with Crippen LogP contribution in [-0.4, -0.2) is 41.9 Å². The van der Waals surface area contributed by atoms with Crippen LogP contribution in [-0.2, 0) is 27.9 Å². The molecule has 1 saturated heterocycles. The third-order valence-electron chi connectivity index (χ3n) is 5.00. The van der Waals surface area contributed by atoms with Crippen molar-refractivity contribution in [2.24, 2.45) is 0 Å². The normalized spacial score (nSPS) is 14.0. The van der Waals surface area contributed by atoms with Crippen LogP contribution in [0.2, 0.25) is 5.02 Å². The number of rotatable bonds is 8. The van der Waals surface area contributed by atoms with E-state index in [0.29, 0.717) is 23.6 Å². The largest absolute Gasteiger partial charge is 0.338 e. The highest BCUT2D eigenvalue weighted by atomic mass is 35.5. The van der Waals surface area contributed by atoms with Crippen LogP contribution in [0.5, 0.6) is 0 Å². The highest BCUT2D eigenvalue weighted by Crippen LogP contribution is 2.21. The quantitative estimate of drug-likeness (QED) is 0.454. The van der Waals surface area contributed by atoms with E-state index in [1.807, 2.05) is 29.2 Å². The molecule has 2 N–H and O–H groups in total. The fourth-order valence-corrected chi connectivity index (χ4v) is 5.31. The molecule has 1 aromatic heterocycles. The molecule has 12 heteroatoms. The molecule has 0 spiro atoms. The Bertz CT molecular complexity index is 1260. The number of nitrogens with zero attached hydrogens (tertiary/aromatic N) is 3. The van der Waals surface area contributed by atoms with Gasteiger partial charge in [-0.2, -0.15) is 0 Å². The second-order valence-electron chi connectivity index (χ2n) is 7.39. The van der Waals surface area contributed by atoms with Gasteiger partial charge in [-0.25, -0.2) is 13.1 Å². The molecule has 1 fully saturated rings. The maximum absolute atomic E-state index is 12.6. The van der Waals surface area contributed by atoms with E-state index in [0.717, 1.165) is 35.4 Å². The van der Waals surface area contributed by atoms with Crippen LogP contribution in [0.4, 0.5) is 5.13 Å². The fourth-order valence-electron chi connectivity index (χ4n) is 3.23. The number of hydrogen-bond donors (Lipinski definition) is 2. The molecule has 33 heavy (non-hydrogen) atoms. The number of carbonyl (C=O) groups is 2. The number of aromatic nitrogens is 2. The first-order valence-corrected chi connectivity index (χ1v) is 12.7. The third kappa shape index (κ3) is 5.93. The first-order valence-electron chi connectivity index (χ1n) is 10.1. The number of amides is 2. The van der Waals surface area contributed by atoms with Crippen molar-refractivity contribution >= 4 is 49.9 Å². The van der Waals surface area contributed by atoms with Gasteiger partial charge in [0.05, 0.1) is 0 Å². The minimum atomic E-state index is -3.91. The highest BCUT2D eigenvalue weighted by Gasteiger charge is 2.22. The zero-order valence-electron chi connectivity index (χ0n) is 17.3. The molecule has 0 bridgehead atoms. The second kappa shape index (κ2) is 9.96. The van der Waals surface area contributed by atoms with Crippen LogP contribution < -0.4 is 10.0 Å². The lowest BCUT2D eigenvalue weighted by Crippen LogP contribution is -2.24. The predicted molar refractivity (Wildman–Crippen MR) is 124 cm³/mol. The maximum Gasteiger partial charge on any atom is 0.270 e. The average molecular weight is 506 g/mol. The average Bonchev–Trinajstić information content (AvgIpc) is 3.43. The van der Waals surface area contributed by atoms with Gasteiger partial charge in [0.1, 0.15) is 0 Å². The van der Waals surface area contributed by atoms with Crippen molar-refractivity contribution in [3.05, 3.63) is 70.2 Å². The van der Waals surface area contributed by atoms with E-state index in [-0.39, 0.29) is 21.9 Å². The smallest absolute Gasteiger partial charge is 0.270 e. The van der Waals surface area contributed by atoms with Crippen LogP contribution in [0, 0.1) is 0 Å². The monoisotopic (exact) mass is 505 g/mol. The van der Waals surface area contributed by atoms with Crippen molar-refractivity contribution in [1.82, 2.24) is 19.8 Å². The van der Waals surface area contributed by atoms with Gasteiger partial charge in [-0.1, -0.05) is 47.2 Å². The van der Waals surface area contributed by atoms with Gasteiger partial charge in [0, 0.05) is 36.6 Å². The Hall–Kier alpha value is -2.86. The van der Waals surface area contributed by atoms with Crippen molar-refractivity contribution in [2.45, 2.75) is 30.3 Å². The molecular weight excluding hydrogens is 486 g/mol. The molecule has 0 saturated carbocycles. The number of nitrogens with one attached hydrogen (secondary N) is 2. The van der Waals surface area contributed by atoms with Crippen LogP contribution in [0.25, 0.3) is 0 Å². The molecule has 9 nitrogen and oxygen atoms in total. The molecule has 0 aliphatic carbocycles. The predicted octanol–water partition coefficient (Wildman–Crippen LogP) is 3.04. The standard InChI is InChI=1S/C21H20ClN5O4S2/c22-17-9-7-16(8-10-17)19(29)24-20-25-26-21(32-20)33(30,31)23-12-14-3-5-15(6-4-14)13-27-11-1-2-18(27)28/h3-10,23H,1-2,11-13H2,(H,24,25,29). The van der Waals surface area contributed by atoms with E-state index < -0.39 is 15.9 Å². The Kier molecular flexibility index (Phi) is 7.03. The molecule has 172 valence electrons. The van der Waals surface area contributed by atoms with E-state index >= 15 is 0 Å². The Morgan fingerprint density at radius 3 is 2.42 bits per heavy atom. The van der Waals surface area contributed by atoms with E-state index in [9.17, 15) is 18.0 Å². The molecule has 1 aliphatic heterocycles. The Balaban J connectivity index is 1.33. The number of anilines is 1. The summed E-state index contributed by atoms with van der Waals surface area (Å²) in [5, 5.41) is 10.5. The van der Waals surface area contributed by atoms with Gasteiger partial charge in [-0.15, -0.1) is 10.2 Å².